The molecule has 1 atom stereocenters. The van der Waals surface area contributed by atoms with Gasteiger partial charge in [-0.2, -0.15) is 5.10 Å². The highest BCUT2D eigenvalue weighted by Crippen LogP contribution is 2.24. The fourth-order valence-electron chi connectivity index (χ4n) is 2.68. The van der Waals surface area contributed by atoms with Crippen LogP contribution >= 0.6 is 22.7 Å². The molecule has 0 aliphatic rings. The van der Waals surface area contributed by atoms with Gasteiger partial charge in [0.15, 0.2) is 0 Å². The van der Waals surface area contributed by atoms with Crippen molar-refractivity contribution >= 4 is 34.5 Å². The molecule has 0 bridgehead atoms. The monoisotopic (exact) mass is 388 g/mol. The molecule has 0 saturated heterocycles. The Morgan fingerprint density at radius 3 is 2.46 bits per heavy atom. The van der Waals surface area contributed by atoms with Crippen molar-refractivity contribution in [1.29, 1.82) is 0 Å². The van der Waals surface area contributed by atoms with Crippen LogP contribution in [0.5, 0.6) is 0 Å². The quantitative estimate of drug-likeness (QED) is 0.638. The average molecular weight is 389 g/mol. The number of carbonyl (C=O) groups is 2. The molecule has 2 N–H and O–H groups in total. The van der Waals surface area contributed by atoms with E-state index in [0.717, 1.165) is 21.1 Å². The van der Waals surface area contributed by atoms with Crippen LogP contribution in [0.3, 0.4) is 0 Å². The van der Waals surface area contributed by atoms with Gasteiger partial charge in [-0.05, 0) is 42.8 Å². The Balaban J connectivity index is 1.63. The molecule has 3 rings (SSSR count). The number of carbonyl (C=O) groups excluding carboxylic acids is 2. The number of aryl methyl sites for hydroxylation is 2. The SMILES string of the molecule is Cc1cc(C)n(C(CNC(=O)C(=O)NCc2cccs2)c2cccs2)n1. The van der Waals surface area contributed by atoms with E-state index in [4.69, 9.17) is 0 Å². The number of hydrogen-bond donors (Lipinski definition) is 2. The van der Waals surface area contributed by atoms with Crippen molar-refractivity contribution < 1.29 is 9.59 Å². The van der Waals surface area contributed by atoms with E-state index in [1.165, 1.54) is 11.3 Å². The van der Waals surface area contributed by atoms with Crippen LogP contribution in [0.15, 0.2) is 41.1 Å². The summed E-state index contributed by atoms with van der Waals surface area (Å²) in [6, 6.07) is 9.65. The third-order valence-corrected chi connectivity index (χ3v) is 5.73. The van der Waals surface area contributed by atoms with Gasteiger partial charge in [0.25, 0.3) is 0 Å². The Morgan fingerprint density at radius 2 is 1.85 bits per heavy atom. The number of aromatic nitrogens is 2. The standard InChI is InChI=1S/C18H20N4O2S2/c1-12-9-13(2)22(21-12)15(16-6-4-8-26-16)11-20-18(24)17(23)19-10-14-5-3-7-25-14/h3-9,15H,10-11H2,1-2H3,(H,19,23)(H,20,24). The van der Waals surface area contributed by atoms with Crippen molar-refractivity contribution in [3.8, 4) is 0 Å². The van der Waals surface area contributed by atoms with Crippen LogP contribution in [-0.4, -0.2) is 28.1 Å². The van der Waals surface area contributed by atoms with E-state index in [0.29, 0.717) is 13.1 Å². The summed E-state index contributed by atoms with van der Waals surface area (Å²) in [6.07, 6.45) is 0. The number of nitrogens with one attached hydrogen (secondary N) is 2. The van der Waals surface area contributed by atoms with Crippen LogP contribution in [-0.2, 0) is 16.1 Å². The molecule has 0 aliphatic heterocycles. The summed E-state index contributed by atoms with van der Waals surface area (Å²) in [5.74, 6) is -1.26. The number of hydrogen-bond acceptors (Lipinski definition) is 5. The second kappa shape index (κ2) is 8.29. The predicted octanol–water partition coefficient (Wildman–Crippen LogP) is 2.64. The molecule has 26 heavy (non-hydrogen) atoms. The van der Waals surface area contributed by atoms with Crippen molar-refractivity contribution in [2.75, 3.05) is 6.54 Å². The van der Waals surface area contributed by atoms with Gasteiger partial charge in [0, 0.05) is 22.0 Å². The minimum atomic E-state index is -0.635. The maximum Gasteiger partial charge on any atom is 0.309 e. The molecular formula is C18H20N4O2S2. The van der Waals surface area contributed by atoms with Gasteiger partial charge in [0.1, 0.15) is 6.04 Å². The Kier molecular flexibility index (Phi) is 5.85. The fraction of sp³-hybridized carbons (Fsp3) is 0.278. The topological polar surface area (TPSA) is 76.0 Å². The number of thiophene rings is 2. The highest BCUT2D eigenvalue weighted by molar-refractivity contribution is 7.10. The summed E-state index contributed by atoms with van der Waals surface area (Å²) in [5.41, 5.74) is 1.93. The van der Waals surface area contributed by atoms with Crippen LogP contribution in [0.1, 0.15) is 27.2 Å². The lowest BCUT2D eigenvalue weighted by Crippen LogP contribution is -2.42. The largest absolute Gasteiger partial charge is 0.345 e. The third kappa shape index (κ3) is 4.39. The maximum absolute atomic E-state index is 12.2. The van der Waals surface area contributed by atoms with E-state index in [1.807, 2.05) is 59.6 Å². The minimum Gasteiger partial charge on any atom is -0.345 e. The van der Waals surface area contributed by atoms with Gasteiger partial charge >= 0.3 is 11.8 Å². The van der Waals surface area contributed by atoms with E-state index in [2.05, 4.69) is 15.7 Å². The highest BCUT2D eigenvalue weighted by atomic mass is 32.1. The zero-order valence-corrected chi connectivity index (χ0v) is 16.2. The molecule has 2 amide bonds. The summed E-state index contributed by atoms with van der Waals surface area (Å²) in [5, 5.41) is 13.8. The molecule has 3 aromatic rings. The zero-order chi connectivity index (χ0) is 18.5. The third-order valence-electron chi connectivity index (χ3n) is 3.88. The first-order chi connectivity index (χ1) is 12.5. The summed E-state index contributed by atoms with van der Waals surface area (Å²) < 4.78 is 1.89. The van der Waals surface area contributed by atoms with Crippen LogP contribution in [0, 0.1) is 13.8 Å². The minimum absolute atomic E-state index is 0.141. The van der Waals surface area contributed by atoms with Gasteiger partial charge in [0.2, 0.25) is 0 Å². The summed E-state index contributed by atoms with van der Waals surface area (Å²) in [7, 11) is 0. The lowest BCUT2D eigenvalue weighted by molar-refractivity contribution is -0.139. The van der Waals surface area contributed by atoms with Crippen molar-refractivity contribution in [1.82, 2.24) is 20.4 Å². The van der Waals surface area contributed by atoms with Gasteiger partial charge in [-0.25, -0.2) is 0 Å². The summed E-state index contributed by atoms with van der Waals surface area (Å²) >= 11 is 3.14. The lowest BCUT2D eigenvalue weighted by Gasteiger charge is -2.18. The van der Waals surface area contributed by atoms with E-state index in [-0.39, 0.29) is 6.04 Å². The molecule has 0 aliphatic carbocycles. The molecule has 136 valence electrons. The van der Waals surface area contributed by atoms with Gasteiger partial charge in [-0.3, -0.25) is 14.3 Å². The smallest absolute Gasteiger partial charge is 0.309 e. The molecule has 0 aromatic carbocycles. The van der Waals surface area contributed by atoms with Crippen molar-refractivity contribution in [2.45, 2.75) is 26.4 Å². The number of nitrogens with zero attached hydrogens (tertiary/aromatic N) is 2. The molecular weight excluding hydrogens is 368 g/mol. The first kappa shape index (κ1) is 18.3. The predicted molar refractivity (Wildman–Crippen MR) is 103 cm³/mol. The van der Waals surface area contributed by atoms with E-state index in [9.17, 15) is 9.59 Å². The molecule has 0 fully saturated rings. The van der Waals surface area contributed by atoms with Crippen molar-refractivity contribution in [2.24, 2.45) is 0 Å². The second-order valence-electron chi connectivity index (χ2n) is 5.87. The van der Waals surface area contributed by atoms with Crippen LogP contribution in [0.4, 0.5) is 0 Å². The van der Waals surface area contributed by atoms with E-state index >= 15 is 0 Å². The Bertz CT molecular complexity index is 869. The van der Waals surface area contributed by atoms with Crippen LogP contribution in [0.2, 0.25) is 0 Å². The average Bonchev–Trinajstić information content (AvgIpc) is 3.36. The fourth-order valence-corrected chi connectivity index (χ4v) is 4.14. The number of rotatable bonds is 6. The Labute approximate surface area is 159 Å². The summed E-state index contributed by atoms with van der Waals surface area (Å²) in [6.45, 7) is 4.57. The van der Waals surface area contributed by atoms with Crippen molar-refractivity contribution in [3.63, 3.8) is 0 Å². The lowest BCUT2D eigenvalue weighted by atomic mass is 10.2. The Morgan fingerprint density at radius 1 is 1.12 bits per heavy atom. The summed E-state index contributed by atoms with van der Waals surface area (Å²) in [4.78, 5) is 26.2. The van der Waals surface area contributed by atoms with Gasteiger partial charge in [0.05, 0.1) is 12.2 Å². The van der Waals surface area contributed by atoms with E-state index in [1.54, 1.807) is 11.3 Å². The van der Waals surface area contributed by atoms with E-state index < -0.39 is 11.8 Å². The first-order valence-corrected chi connectivity index (χ1v) is 9.95. The van der Waals surface area contributed by atoms with Gasteiger partial charge in [-0.15, -0.1) is 22.7 Å². The maximum atomic E-state index is 12.2. The van der Waals surface area contributed by atoms with Crippen molar-refractivity contribution in [3.05, 3.63) is 62.2 Å². The van der Waals surface area contributed by atoms with Gasteiger partial charge < -0.3 is 10.6 Å². The molecule has 1 unspecified atom stereocenters. The van der Waals surface area contributed by atoms with Gasteiger partial charge in [-0.1, -0.05) is 12.1 Å². The second-order valence-corrected chi connectivity index (χ2v) is 7.89. The molecule has 0 spiro atoms. The molecule has 8 heteroatoms. The molecule has 6 nitrogen and oxygen atoms in total. The Hall–Kier alpha value is -2.45. The molecule has 0 radical (unpaired) electrons. The molecule has 3 aromatic heterocycles. The van der Waals surface area contributed by atoms with Crippen LogP contribution in [0.25, 0.3) is 0 Å². The zero-order valence-electron chi connectivity index (χ0n) is 14.6. The molecule has 3 heterocycles. The van der Waals surface area contributed by atoms with Crippen LogP contribution < -0.4 is 10.6 Å². The highest BCUT2D eigenvalue weighted by Gasteiger charge is 2.21. The first-order valence-electron chi connectivity index (χ1n) is 8.19. The number of amides is 2. The molecule has 0 saturated carbocycles. The normalized spacial score (nSPS) is 11.9.